The molecular weight excluding hydrogens is 342 g/mol. The number of hydrogen-bond acceptors (Lipinski definition) is 9. The van der Waals surface area contributed by atoms with Crippen molar-refractivity contribution in [2.24, 2.45) is 0 Å². The number of hydrogen-bond donors (Lipinski definition) is 3. The number of carbonyl (C=O) groups excluding carboxylic acids is 2. The van der Waals surface area contributed by atoms with Gasteiger partial charge in [0.2, 0.25) is 0 Å². The van der Waals surface area contributed by atoms with Crippen LogP contribution in [0.3, 0.4) is 0 Å². The molecule has 11 heteroatoms. The summed E-state index contributed by atoms with van der Waals surface area (Å²) >= 11 is 0. The lowest BCUT2D eigenvalue weighted by molar-refractivity contribution is -0.133. The summed E-state index contributed by atoms with van der Waals surface area (Å²) in [5.41, 5.74) is 0.191. The summed E-state index contributed by atoms with van der Waals surface area (Å²) in [5, 5.41) is 16.8. The lowest BCUT2D eigenvalue weighted by Gasteiger charge is -2.17. The fraction of sp³-hybridized carbons (Fsp3) is 0.467. The van der Waals surface area contributed by atoms with Gasteiger partial charge in [-0.2, -0.15) is 4.67 Å². The number of anilines is 1. The third-order valence-corrected chi connectivity index (χ3v) is 3.97. The highest BCUT2D eigenvalue weighted by Gasteiger charge is 2.37. The van der Waals surface area contributed by atoms with Gasteiger partial charge in [-0.25, -0.2) is 10.1 Å². The molecule has 0 aliphatic carbocycles. The number of amides is 1. The number of aromatic nitrogens is 2. The monoisotopic (exact) mass is 362 g/mol. The summed E-state index contributed by atoms with van der Waals surface area (Å²) < 4.78 is 13.7. The summed E-state index contributed by atoms with van der Waals surface area (Å²) in [6.45, 7) is 2.65. The zero-order chi connectivity index (χ0) is 18.5. The Balaban J connectivity index is 1.72. The first kappa shape index (κ1) is 17.6. The first-order valence-electron chi connectivity index (χ1n) is 8.04. The van der Waals surface area contributed by atoms with E-state index in [1.807, 2.05) is 4.90 Å². The van der Waals surface area contributed by atoms with Gasteiger partial charge >= 0.3 is 17.7 Å². The molecule has 11 nitrogen and oxygen atoms in total. The Morgan fingerprint density at radius 3 is 2.81 bits per heavy atom. The van der Waals surface area contributed by atoms with E-state index in [0.29, 0.717) is 12.5 Å². The van der Waals surface area contributed by atoms with Crippen molar-refractivity contribution in [2.45, 2.75) is 6.04 Å². The summed E-state index contributed by atoms with van der Waals surface area (Å²) in [6.07, 6.45) is 0. The van der Waals surface area contributed by atoms with Crippen LogP contribution in [0.25, 0.3) is 0 Å². The molecule has 26 heavy (non-hydrogen) atoms. The van der Waals surface area contributed by atoms with E-state index >= 15 is 0 Å². The minimum atomic E-state index is -0.682. The maximum absolute atomic E-state index is 12.4. The van der Waals surface area contributed by atoms with Crippen LogP contribution in [0, 0.1) is 0 Å². The molecule has 2 aliphatic heterocycles. The van der Waals surface area contributed by atoms with Gasteiger partial charge in [-0.1, -0.05) is 0 Å². The van der Waals surface area contributed by atoms with E-state index in [1.165, 1.54) is 14.2 Å². The number of ether oxygens (including phenoxy) is 2. The second-order valence-electron chi connectivity index (χ2n) is 5.60. The second-order valence-corrected chi connectivity index (χ2v) is 5.60. The first-order chi connectivity index (χ1) is 12.6. The molecule has 1 saturated heterocycles. The second kappa shape index (κ2) is 7.81. The molecule has 0 radical (unpaired) electrons. The average molecular weight is 362 g/mol. The third kappa shape index (κ3) is 3.73. The Bertz CT molecular complexity index is 752. The average Bonchev–Trinajstić information content (AvgIpc) is 3.22. The van der Waals surface area contributed by atoms with E-state index in [-0.39, 0.29) is 24.0 Å². The molecule has 0 bridgehead atoms. The van der Waals surface area contributed by atoms with Crippen LogP contribution in [0.2, 0.25) is 0 Å². The highest BCUT2D eigenvalue weighted by atomic mass is 16.5. The van der Waals surface area contributed by atoms with Crippen molar-refractivity contribution in [3.8, 4) is 0 Å². The molecule has 0 saturated carbocycles. The summed E-state index contributed by atoms with van der Waals surface area (Å²) in [4.78, 5) is 26.4. The van der Waals surface area contributed by atoms with Gasteiger partial charge in [0.1, 0.15) is 6.54 Å². The third-order valence-electron chi connectivity index (χ3n) is 3.97. The van der Waals surface area contributed by atoms with E-state index < -0.39 is 17.9 Å². The Morgan fingerprint density at radius 1 is 1.35 bits per heavy atom. The molecule has 1 atom stereocenters. The van der Waals surface area contributed by atoms with Gasteiger partial charge < -0.3 is 19.7 Å². The molecule has 1 unspecified atom stereocenters. The molecule has 3 N–H and O–H groups in total. The standard InChI is InChI=1S/C15H19N7O4/c1-25-14(24)12-10(7-17-15(19-12)26-2)18-13(23)9-3-4-11(21-20-9)22-6-5-16-8-22/h3-4,10,16H,5-8H2,1-2H3,(H,18,23)/p+1. The number of rotatable bonds is 4. The minimum absolute atomic E-state index is 0.0455. The molecule has 1 aromatic rings. The highest BCUT2D eigenvalue weighted by Crippen LogP contribution is 2.10. The van der Waals surface area contributed by atoms with Gasteiger partial charge in [-0.15, -0.1) is 10.2 Å². The normalized spacial score (nSPS) is 19.2. The molecular formula is C15H20N7O4+. The van der Waals surface area contributed by atoms with E-state index in [1.54, 1.807) is 12.1 Å². The number of esters is 1. The van der Waals surface area contributed by atoms with E-state index in [2.05, 4.69) is 30.8 Å². The van der Waals surface area contributed by atoms with Crippen molar-refractivity contribution in [3.05, 3.63) is 17.8 Å². The lowest BCUT2D eigenvalue weighted by Crippen LogP contribution is -2.56. The van der Waals surface area contributed by atoms with Gasteiger partial charge in [0.05, 0.1) is 20.9 Å². The van der Waals surface area contributed by atoms with E-state index in [0.717, 1.165) is 13.1 Å². The van der Waals surface area contributed by atoms with Gasteiger partial charge in [0.25, 0.3) is 5.91 Å². The summed E-state index contributed by atoms with van der Waals surface area (Å²) in [7, 11) is 2.67. The molecule has 3 heterocycles. The van der Waals surface area contributed by atoms with Gasteiger partial charge in [-0.3, -0.25) is 10.1 Å². The zero-order valence-corrected chi connectivity index (χ0v) is 14.5. The molecule has 1 amide bonds. The van der Waals surface area contributed by atoms with Gasteiger partial charge in [-0.05, 0) is 12.1 Å². The number of nitrogens with one attached hydrogen (secondary N) is 3. The van der Waals surface area contributed by atoms with Crippen molar-refractivity contribution >= 4 is 29.4 Å². The zero-order valence-electron chi connectivity index (χ0n) is 14.5. The highest BCUT2D eigenvalue weighted by molar-refractivity contribution is 6.39. The Kier molecular flexibility index (Phi) is 5.30. The Hall–Kier alpha value is -3.17. The van der Waals surface area contributed by atoms with Crippen molar-refractivity contribution in [3.63, 3.8) is 0 Å². The molecule has 1 fully saturated rings. The quantitative estimate of drug-likeness (QED) is 0.385. The first-order valence-corrected chi connectivity index (χ1v) is 8.04. The van der Waals surface area contributed by atoms with Crippen LogP contribution in [-0.4, -0.2) is 80.4 Å². The van der Waals surface area contributed by atoms with E-state index in [4.69, 9.17) is 9.47 Å². The Labute approximate surface area is 149 Å². The molecule has 3 rings (SSSR count). The van der Waals surface area contributed by atoms with Crippen molar-refractivity contribution < 1.29 is 19.1 Å². The Morgan fingerprint density at radius 2 is 2.19 bits per heavy atom. The van der Waals surface area contributed by atoms with Crippen molar-refractivity contribution in [2.75, 3.05) is 45.4 Å². The van der Waals surface area contributed by atoms with Crippen LogP contribution >= 0.6 is 0 Å². The molecule has 0 aromatic carbocycles. The number of nitrogens with zero attached hydrogens (tertiary/aromatic N) is 4. The van der Waals surface area contributed by atoms with Gasteiger partial charge in [0.15, 0.2) is 17.6 Å². The summed E-state index contributed by atoms with van der Waals surface area (Å²) in [5.74, 6) is -0.413. The lowest BCUT2D eigenvalue weighted by atomic mass is 10.1. The molecule has 0 spiro atoms. The van der Waals surface area contributed by atoms with Crippen LogP contribution in [-0.2, 0) is 14.3 Å². The maximum atomic E-state index is 12.4. The predicted octanol–water partition coefficient (Wildman–Crippen LogP) is -2.77. The van der Waals surface area contributed by atoms with Crippen LogP contribution in [0.4, 0.5) is 5.82 Å². The van der Waals surface area contributed by atoms with Crippen LogP contribution in [0.1, 0.15) is 10.5 Å². The fourth-order valence-electron chi connectivity index (χ4n) is 2.59. The van der Waals surface area contributed by atoms with E-state index in [9.17, 15) is 9.59 Å². The number of amidine groups is 1. The van der Waals surface area contributed by atoms with Crippen molar-refractivity contribution in [1.29, 1.82) is 0 Å². The maximum Gasteiger partial charge on any atom is 0.547 e. The minimum Gasteiger partial charge on any atom is -0.462 e. The van der Waals surface area contributed by atoms with Gasteiger partial charge in [0, 0.05) is 13.1 Å². The predicted molar refractivity (Wildman–Crippen MR) is 92.7 cm³/mol. The van der Waals surface area contributed by atoms with Crippen molar-refractivity contribution in [1.82, 2.24) is 30.8 Å². The summed E-state index contributed by atoms with van der Waals surface area (Å²) in [6, 6.07) is 2.83. The topological polar surface area (TPSA) is 132 Å². The van der Waals surface area contributed by atoms with Crippen LogP contribution < -0.4 is 25.5 Å². The fourth-order valence-corrected chi connectivity index (χ4v) is 2.59. The SMILES string of the molecule is COC(=O)C1=[N+]=C(OC)NCC1NC(=O)c1ccc(N2CCNC2)nn1. The van der Waals surface area contributed by atoms with Crippen LogP contribution in [0.15, 0.2) is 12.1 Å². The van der Waals surface area contributed by atoms with Crippen LogP contribution in [0.5, 0.6) is 0 Å². The number of carbonyl (C=O) groups is 2. The molecule has 138 valence electrons. The number of methoxy groups -OCH3 is 2. The largest absolute Gasteiger partial charge is 0.547 e. The smallest absolute Gasteiger partial charge is 0.462 e. The molecule has 2 aliphatic rings. The molecule has 1 aromatic heterocycles.